The van der Waals surface area contributed by atoms with E-state index in [-0.39, 0.29) is 0 Å². The standard InChI is InChI=1S/C58H39NO/c1-5-18-41(19-6-1)57(42-20-7-2-8-21-42)51-29-15-14-27-48(51)50-38-45(34-35-53(50)57)59(46-33-32-40-36-37-60-55(40)39-46)54-31-17-28-49-47-26-13-16-30-52(47)58(56(49)54,43-22-9-3-10-23-43)44-24-11-4-12-25-44/h1-39H. The zero-order valence-corrected chi connectivity index (χ0v) is 32.9. The minimum Gasteiger partial charge on any atom is -0.464 e. The third-order valence-electron chi connectivity index (χ3n) is 13.1. The maximum Gasteiger partial charge on any atom is 0.135 e. The lowest BCUT2D eigenvalue weighted by atomic mass is 9.67. The Balaban J connectivity index is 1.18. The van der Waals surface area contributed by atoms with Gasteiger partial charge in [0.1, 0.15) is 5.58 Å². The van der Waals surface area contributed by atoms with Crippen LogP contribution in [0.5, 0.6) is 0 Å². The highest BCUT2D eigenvalue weighted by Crippen LogP contribution is 2.61. The number of fused-ring (bicyclic) bond motifs is 7. The summed E-state index contributed by atoms with van der Waals surface area (Å²) in [5.41, 5.74) is 18.0. The molecule has 2 aliphatic carbocycles. The van der Waals surface area contributed by atoms with Gasteiger partial charge in [-0.3, -0.25) is 0 Å². The van der Waals surface area contributed by atoms with Crippen molar-refractivity contribution in [1.82, 2.24) is 0 Å². The molecule has 2 nitrogen and oxygen atoms in total. The fraction of sp³-hybridized carbons (Fsp3) is 0.0345. The molecule has 282 valence electrons. The first-order valence-corrected chi connectivity index (χ1v) is 20.8. The fourth-order valence-electron chi connectivity index (χ4n) is 10.8. The van der Waals surface area contributed by atoms with Crippen LogP contribution < -0.4 is 4.90 Å². The van der Waals surface area contributed by atoms with Crippen molar-refractivity contribution in [2.45, 2.75) is 10.8 Å². The van der Waals surface area contributed by atoms with Gasteiger partial charge in [0.05, 0.1) is 22.8 Å². The SMILES string of the molecule is c1ccc(C2(c3ccccc3)c3ccccc3-c3cc(N(c4ccc5ccoc5c4)c4cccc5c4C(c4ccccc4)(c4ccccc4)c4ccccc4-5)ccc32)cc1. The molecule has 0 saturated carbocycles. The molecule has 0 N–H and O–H groups in total. The normalized spacial score (nSPS) is 13.9. The van der Waals surface area contributed by atoms with Gasteiger partial charge < -0.3 is 9.32 Å². The minimum absolute atomic E-state index is 0.490. The molecule has 1 heterocycles. The second kappa shape index (κ2) is 13.4. The van der Waals surface area contributed by atoms with Crippen LogP contribution in [0.1, 0.15) is 44.5 Å². The lowest BCUT2D eigenvalue weighted by Crippen LogP contribution is -2.30. The van der Waals surface area contributed by atoms with Gasteiger partial charge in [-0.2, -0.15) is 0 Å². The molecule has 2 heteroatoms. The van der Waals surface area contributed by atoms with Crippen LogP contribution in [0.3, 0.4) is 0 Å². The van der Waals surface area contributed by atoms with E-state index >= 15 is 0 Å². The third-order valence-corrected chi connectivity index (χ3v) is 13.1. The number of furan rings is 1. The summed E-state index contributed by atoms with van der Waals surface area (Å²) in [5.74, 6) is 0. The van der Waals surface area contributed by atoms with Crippen LogP contribution in [0.2, 0.25) is 0 Å². The van der Waals surface area contributed by atoms with Crippen LogP contribution in [0.25, 0.3) is 33.2 Å². The number of hydrogen-bond donors (Lipinski definition) is 0. The summed E-state index contributed by atoms with van der Waals surface area (Å²) in [6.07, 6.45) is 1.78. The summed E-state index contributed by atoms with van der Waals surface area (Å²) < 4.78 is 6.12. The van der Waals surface area contributed by atoms with E-state index in [4.69, 9.17) is 4.42 Å². The summed E-state index contributed by atoms with van der Waals surface area (Å²) in [6, 6.07) is 84.9. The number of hydrogen-bond acceptors (Lipinski definition) is 2. The molecule has 0 aliphatic heterocycles. The van der Waals surface area contributed by atoms with Crippen LogP contribution in [0.4, 0.5) is 17.1 Å². The number of nitrogens with zero attached hydrogens (tertiary/aromatic N) is 1. The predicted molar refractivity (Wildman–Crippen MR) is 246 cm³/mol. The highest BCUT2D eigenvalue weighted by molar-refractivity contribution is 5.97. The molecule has 1 aromatic heterocycles. The van der Waals surface area contributed by atoms with Crippen molar-refractivity contribution in [3.8, 4) is 22.3 Å². The van der Waals surface area contributed by atoms with Crippen molar-refractivity contribution in [3.05, 3.63) is 281 Å². The first kappa shape index (κ1) is 34.4. The number of rotatable bonds is 7. The van der Waals surface area contributed by atoms with Gasteiger partial charge >= 0.3 is 0 Å². The summed E-state index contributed by atoms with van der Waals surface area (Å²) in [6.45, 7) is 0. The number of anilines is 3. The maximum absolute atomic E-state index is 6.12. The molecule has 0 radical (unpaired) electrons. The molecule has 10 aromatic rings. The van der Waals surface area contributed by atoms with E-state index in [1.54, 1.807) is 6.26 Å². The number of benzene rings is 9. The van der Waals surface area contributed by atoms with Crippen molar-refractivity contribution in [1.29, 1.82) is 0 Å². The average Bonchev–Trinajstić information content (AvgIpc) is 4.01. The van der Waals surface area contributed by atoms with Crippen LogP contribution in [-0.4, -0.2) is 0 Å². The highest BCUT2D eigenvalue weighted by Gasteiger charge is 2.49. The molecular formula is C58H39NO. The zero-order chi connectivity index (χ0) is 39.7. The van der Waals surface area contributed by atoms with Gasteiger partial charge in [0, 0.05) is 28.4 Å². The Labute approximate surface area is 350 Å². The van der Waals surface area contributed by atoms with Crippen molar-refractivity contribution >= 4 is 28.0 Å². The van der Waals surface area contributed by atoms with Gasteiger partial charge in [-0.1, -0.05) is 188 Å². The minimum atomic E-state index is -0.600. The van der Waals surface area contributed by atoms with E-state index in [2.05, 4.69) is 229 Å². The van der Waals surface area contributed by atoms with E-state index in [0.717, 1.165) is 28.0 Å². The lowest BCUT2D eigenvalue weighted by molar-refractivity contribution is 0.616. The Morgan fingerprint density at radius 3 is 1.42 bits per heavy atom. The Morgan fingerprint density at radius 1 is 0.333 bits per heavy atom. The molecule has 0 bridgehead atoms. The molecule has 60 heavy (non-hydrogen) atoms. The van der Waals surface area contributed by atoms with Crippen molar-refractivity contribution in [2.75, 3.05) is 4.90 Å². The van der Waals surface area contributed by atoms with Crippen LogP contribution >= 0.6 is 0 Å². The maximum atomic E-state index is 6.12. The Hall–Kier alpha value is -7.68. The molecule has 0 spiro atoms. The molecule has 2 aliphatic rings. The van der Waals surface area contributed by atoms with Gasteiger partial charge in [-0.25, -0.2) is 0 Å². The van der Waals surface area contributed by atoms with Crippen LogP contribution in [-0.2, 0) is 10.8 Å². The molecule has 0 atom stereocenters. The van der Waals surface area contributed by atoms with E-state index in [1.807, 2.05) is 6.07 Å². The van der Waals surface area contributed by atoms with Gasteiger partial charge in [-0.15, -0.1) is 0 Å². The predicted octanol–water partition coefficient (Wildman–Crippen LogP) is 14.6. The molecule has 0 amide bonds. The second-order valence-corrected chi connectivity index (χ2v) is 16.0. The van der Waals surface area contributed by atoms with E-state index in [1.165, 1.54) is 66.8 Å². The Bertz CT molecular complexity index is 3120. The third kappa shape index (κ3) is 4.76. The van der Waals surface area contributed by atoms with Gasteiger partial charge in [0.25, 0.3) is 0 Å². The molecular weight excluding hydrogens is 727 g/mol. The molecule has 0 unspecified atom stereocenters. The largest absolute Gasteiger partial charge is 0.464 e. The first-order valence-electron chi connectivity index (χ1n) is 20.8. The smallest absolute Gasteiger partial charge is 0.135 e. The van der Waals surface area contributed by atoms with E-state index < -0.39 is 10.8 Å². The van der Waals surface area contributed by atoms with E-state index in [0.29, 0.717) is 0 Å². The second-order valence-electron chi connectivity index (χ2n) is 16.0. The van der Waals surface area contributed by atoms with Crippen molar-refractivity contribution in [2.24, 2.45) is 0 Å². The zero-order valence-electron chi connectivity index (χ0n) is 32.9. The molecule has 12 rings (SSSR count). The van der Waals surface area contributed by atoms with Gasteiger partial charge in [-0.05, 0) is 97.6 Å². The summed E-state index contributed by atoms with van der Waals surface area (Å²) >= 11 is 0. The van der Waals surface area contributed by atoms with E-state index in [9.17, 15) is 0 Å². The molecule has 0 saturated heterocycles. The van der Waals surface area contributed by atoms with Gasteiger partial charge in [0.2, 0.25) is 0 Å². The Kier molecular flexibility index (Phi) is 7.70. The van der Waals surface area contributed by atoms with Gasteiger partial charge in [0.15, 0.2) is 0 Å². The van der Waals surface area contributed by atoms with Crippen LogP contribution in [0, 0.1) is 0 Å². The fourth-order valence-corrected chi connectivity index (χ4v) is 10.8. The van der Waals surface area contributed by atoms with Crippen molar-refractivity contribution < 1.29 is 4.42 Å². The molecule has 9 aromatic carbocycles. The van der Waals surface area contributed by atoms with Crippen LogP contribution in [0.15, 0.2) is 241 Å². The summed E-state index contributed by atoms with van der Waals surface area (Å²) in [7, 11) is 0. The highest BCUT2D eigenvalue weighted by atomic mass is 16.3. The summed E-state index contributed by atoms with van der Waals surface area (Å²) in [5, 5.41) is 1.07. The monoisotopic (exact) mass is 765 g/mol. The molecule has 0 fully saturated rings. The van der Waals surface area contributed by atoms with Crippen molar-refractivity contribution in [3.63, 3.8) is 0 Å². The Morgan fingerprint density at radius 2 is 0.800 bits per heavy atom. The first-order chi connectivity index (χ1) is 29.8. The average molecular weight is 766 g/mol. The topological polar surface area (TPSA) is 16.4 Å². The lowest BCUT2D eigenvalue weighted by Gasteiger charge is -2.38. The summed E-state index contributed by atoms with van der Waals surface area (Å²) in [4.78, 5) is 2.47. The quantitative estimate of drug-likeness (QED) is 0.161.